The molecule has 1 aromatic rings. The standard InChI is InChI=1S/C15H21NO/c1-12(17)15-9-5-8-14(16-15)11-10-13-6-3-2-4-7-13/h5,8-13,17H,2-4,6-7H2,1H3. The fourth-order valence-corrected chi connectivity index (χ4v) is 2.36. The van der Waals surface area contributed by atoms with Crippen LogP contribution in [0.2, 0.25) is 0 Å². The van der Waals surface area contributed by atoms with Crippen LogP contribution < -0.4 is 0 Å². The molecule has 2 nitrogen and oxygen atoms in total. The van der Waals surface area contributed by atoms with Crippen LogP contribution >= 0.6 is 0 Å². The minimum atomic E-state index is -0.488. The van der Waals surface area contributed by atoms with E-state index in [0.717, 1.165) is 17.3 Å². The van der Waals surface area contributed by atoms with Crippen molar-refractivity contribution in [2.45, 2.75) is 45.1 Å². The molecule has 2 heteroatoms. The van der Waals surface area contributed by atoms with E-state index in [-0.39, 0.29) is 0 Å². The zero-order chi connectivity index (χ0) is 12.1. The summed E-state index contributed by atoms with van der Waals surface area (Å²) in [7, 11) is 0. The van der Waals surface area contributed by atoms with Gasteiger partial charge in [-0.05, 0) is 43.9 Å². The quantitative estimate of drug-likeness (QED) is 0.859. The maximum absolute atomic E-state index is 9.48. The van der Waals surface area contributed by atoms with Crippen LogP contribution in [-0.4, -0.2) is 10.1 Å². The molecule has 0 amide bonds. The molecule has 0 radical (unpaired) electrons. The summed E-state index contributed by atoms with van der Waals surface area (Å²) < 4.78 is 0. The second-order valence-electron chi connectivity index (χ2n) is 4.92. The van der Waals surface area contributed by atoms with Crippen LogP contribution in [0, 0.1) is 5.92 Å². The molecule has 17 heavy (non-hydrogen) atoms. The van der Waals surface area contributed by atoms with Gasteiger partial charge in [0.25, 0.3) is 0 Å². The van der Waals surface area contributed by atoms with E-state index < -0.39 is 6.10 Å². The van der Waals surface area contributed by atoms with Gasteiger partial charge < -0.3 is 5.11 Å². The van der Waals surface area contributed by atoms with Crippen molar-refractivity contribution < 1.29 is 5.11 Å². The Labute approximate surface area is 103 Å². The predicted octanol–water partition coefficient (Wildman–Crippen LogP) is 3.73. The molecular formula is C15H21NO. The molecule has 92 valence electrons. The summed E-state index contributed by atoms with van der Waals surface area (Å²) in [5.41, 5.74) is 1.70. The molecule has 1 unspecified atom stereocenters. The van der Waals surface area contributed by atoms with Crippen molar-refractivity contribution in [1.82, 2.24) is 4.98 Å². The van der Waals surface area contributed by atoms with Crippen molar-refractivity contribution in [3.63, 3.8) is 0 Å². The average molecular weight is 231 g/mol. The van der Waals surface area contributed by atoms with Gasteiger partial charge in [-0.3, -0.25) is 4.98 Å². The van der Waals surface area contributed by atoms with E-state index in [1.54, 1.807) is 6.92 Å². The highest BCUT2D eigenvalue weighted by atomic mass is 16.3. The second kappa shape index (κ2) is 5.97. The van der Waals surface area contributed by atoms with Gasteiger partial charge in [-0.15, -0.1) is 0 Å². The smallest absolute Gasteiger partial charge is 0.0932 e. The first kappa shape index (κ1) is 12.3. The van der Waals surface area contributed by atoms with Crippen LogP contribution in [0.3, 0.4) is 0 Å². The average Bonchev–Trinajstić information content (AvgIpc) is 2.38. The summed E-state index contributed by atoms with van der Waals surface area (Å²) in [6.07, 6.45) is 10.6. The third-order valence-electron chi connectivity index (χ3n) is 3.41. The third kappa shape index (κ3) is 3.67. The third-order valence-corrected chi connectivity index (χ3v) is 3.41. The van der Waals surface area contributed by atoms with Gasteiger partial charge in [-0.1, -0.05) is 31.4 Å². The van der Waals surface area contributed by atoms with E-state index in [1.165, 1.54) is 32.1 Å². The van der Waals surface area contributed by atoms with Crippen molar-refractivity contribution >= 4 is 6.08 Å². The molecule has 0 aromatic carbocycles. The highest BCUT2D eigenvalue weighted by molar-refractivity contribution is 5.45. The number of hydrogen-bond acceptors (Lipinski definition) is 2. The van der Waals surface area contributed by atoms with E-state index in [4.69, 9.17) is 0 Å². The molecule has 2 rings (SSSR count). The number of hydrogen-bond donors (Lipinski definition) is 1. The molecule has 1 aliphatic rings. The molecule has 1 aromatic heterocycles. The van der Waals surface area contributed by atoms with Crippen molar-refractivity contribution in [3.05, 3.63) is 35.7 Å². The molecule has 0 saturated heterocycles. The number of aliphatic hydroxyl groups excluding tert-OH is 1. The zero-order valence-electron chi connectivity index (χ0n) is 10.5. The Morgan fingerprint density at radius 1 is 1.29 bits per heavy atom. The van der Waals surface area contributed by atoms with Gasteiger partial charge in [0.15, 0.2) is 0 Å². The van der Waals surface area contributed by atoms with Crippen LogP contribution in [0.15, 0.2) is 24.3 Å². The number of aliphatic hydroxyl groups is 1. The summed E-state index contributed by atoms with van der Waals surface area (Å²) in [5.74, 6) is 0.723. The molecular weight excluding hydrogens is 210 g/mol. The lowest BCUT2D eigenvalue weighted by Gasteiger charge is -2.17. The van der Waals surface area contributed by atoms with E-state index in [9.17, 15) is 5.11 Å². The van der Waals surface area contributed by atoms with Crippen molar-refractivity contribution in [1.29, 1.82) is 0 Å². The van der Waals surface area contributed by atoms with E-state index >= 15 is 0 Å². The van der Waals surface area contributed by atoms with E-state index in [2.05, 4.69) is 17.1 Å². The topological polar surface area (TPSA) is 33.1 Å². The van der Waals surface area contributed by atoms with Crippen molar-refractivity contribution in [2.24, 2.45) is 5.92 Å². The summed E-state index contributed by atoms with van der Waals surface area (Å²) in [4.78, 5) is 4.42. The summed E-state index contributed by atoms with van der Waals surface area (Å²) in [5, 5.41) is 9.48. The fourth-order valence-electron chi connectivity index (χ4n) is 2.36. The van der Waals surface area contributed by atoms with Gasteiger partial charge in [0.2, 0.25) is 0 Å². The zero-order valence-corrected chi connectivity index (χ0v) is 10.5. The Balaban J connectivity index is 2.01. The lowest BCUT2D eigenvalue weighted by molar-refractivity contribution is 0.194. The summed E-state index contributed by atoms with van der Waals surface area (Å²) >= 11 is 0. The molecule has 1 atom stereocenters. The van der Waals surface area contributed by atoms with E-state index in [0.29, 0.717) is 0 Å². The highest BCUT2D eigenvalue weighted by Crippen LogP contribution is 2.25. The summed E-state index contributed by atoms with van der Waals surface area (Å²) in [6, 6.07) is 5.81. The molecule has 1 heterocycles. The first-order valence-corrected chi connectivity index (χ1v) is 6.59. The predicted molar refractivity (Wildman–Crippen MR) is 70.5 cm³/mol. The monoisotopic (exact) mass is 231 g/mol. The second-order valence-corrected chi connectivity index (χ2v) is 4.92. The van der Waals surface area contributed by atoms with Crippen molar-refractivity contribution in [2.75, 3.05) is 0 Å². The Morgan fingerprint density at radius 3 is 2.76 bits per heavy atom. The Hall–Kier alpha value is -1.15. The first-order valence-electron chi connectivity index (χ1n) is 6.59. The molecule has 0 bridgehead atoms. The molecule has 0 aliphatic heterocycles. The lowest BCUT2D eigenvalue weighted by atomic mass is 9.89. The SMILES string of the molecule is CC(O)c1cccc(C=CC2CCCCC2)n1. The number of aromatic nitrogens is 1. The number of pyridine rings is 1. The Kier molecular flexibility index (Phi) is 4.32. The number of allylic oxidation sites excluding steroid dienone is 1. The summed E-state index contributed by atoms with van der Waals surface area (Å²) in [6.45, 7) is 1.75. The van der Waals surface area contributed by atoms with Gasteiger partial charge in [0.05, 0.1) is 17.5 Å². The van der Waals surface area contributed by atoms with Crippen LogP contribution in [-0.2, 0) is 0 Å². The largest absolute Gasteiger partial charge is 0.387 e. The van der Waals surface area contributed by atoms with Gasteiger partial charge in [-0.25, -0.2) is 0 Å². The minimum Gasteiger partial charge on any atom is -0.387 e. The lowest BCUT2D eigenvalue weighted by Crippen LogP contribution is -2.02. The Morgan fingerprint density at radius 2 is 2.06 bits per heavy atom. The maximum atomic E-state index is 9.48. The number of nitrogens with zero attached hydrogens (tertiary/aromatic N) is 1. The van der Waals surface area contributed by atoms with Gasteiger partial charge in [0.1, 0.15) is 0 Å². The Bertz CT molecular complexity index is 378. The van der Waals surface area contributed by atoms with Crippen LogP contribution in [0.4, 0.5) is 0 Å². The molecule has 1 aliphatic carbocycles. The van der Waals surface area contributed by atoms with E-state index in [1.807, 2.05) is 18.2 Å². The van der Waals surface area contributed by atoms with Gasteiger partial charge in [0, 0.05) is 0 Å². The molecule has 0 spiro atoms. The van der Waals surface area contributed by atoms with Gasteiger partial charge >= 0.3 is 0 Å². The van der Waals surface area contributed by atoms with Crippen LogP contribution in [0.1, 0.15) is 56.5 Å². The van der Waals surface area contributed by atoms with Gasteiger partial charge in [-0.2, -0.15) is 0 Å². The van der Waals surface area contributed by atoms with Crippen LogP contribution in [0.5, 0.6) is 0 Å². The first-order chi connectivity index (χ1) is 8.25. The molecule has 1 saturated carbocycles. The maximum Gasteiger partial charge on any atom is 0.0932 e. The van der Waals surface area contributed by atoms with Crippen molar-refractivity contribution in [3.8, 4) is 0 Å². The normalized spacial score (nSPS) is 19.6. The fraction of sp³-hybridized carbons (Fsp3) is 0.533. The van der Waals surface area contributed by atoms with Crippen LogP contribution in [0.25, 0.3) is 6.08 Å². The number of rotatable bonds is 3. The molecule has 1 fully saturated rings. The highest BCUT2D eigenvalue weighted by Gasteiger charge is 2.09. The minimum absolute atomic E-state index is 0.488. The molecule has 1 N–H and O–H groups in total.